The summed E-state index contributed by atoms with van der Waals surface area (Å²) in [6.45, 7) is 2.28. The number of ether oxygens (including phenoxy) is 1. The number of hydrogen-bond donors (Lipinski definition) is 1. The van der Waals surface area contributed by atoms with Crippen molar-refractivity contribution in [2.45, 2.75) is 12.8 Å². The first-order valence-electron chi connectivity index (χ1n) is 4.88. The van der Waals surface area contributed by atoms with Gasteiger partial charge in [-0.15, -0.1) is 0 Å². The van der Waals surface area contributed by atoms with Crippen LogP contribution in [-0.2, 0) is 14.6 Å². The summed E-state index contributed by atoms with van der Waals surface area (Å²) in [5.74, 6) is 0.262. The van der Waals surface area contributed by atoms with Gasteiger partial charge in [0.05, 0.1) is 12.4 Å². The van der Waals surface area contributed by atoms with Crippen LogP contribution in [0.1, 0.15) is 12.8 Å². The average Bonchev–Trinajstić information content (AvgIpc) is 2.50. The van der Waals surface area contributed by atoms with Crippen molar-refractivity contribution in [3.05, 3.63) is 0 Å². The lowest BCUT2D eigenvalue weighted by molar-refractivity contribution is 0.149. The highest BCUT2D eigenvalue weighted by Crippen LogP contribution is 2.31. The summed E-state index contributed by atoms with van der Waals surface area (Å²) in [4.78, 5) is 0. The molecule has 1 fully saturated rings. The number of hydrogen-bond acceptors (Lipinski definition) is 4. The third-order valence-corrected chi connectivity index (χ3v) is 3.69. The van der Waals surface area contributed by atoms with E-state index in [1.807, 2.05) is 7.05 Å². The van der Waals surface area contributed by atoms with Gasteiger partial charge in [-0.2, -0.15) is 0 Å². The normalized spacial score (nSPS) is 28.1. The van der Waals surface area contributed by atoms with Gasteiger partial charge in [-0.1, -0.05) is 0 Å². The minimum atomic E-state index is -2.85. The Morgan fingerprint density at radius 1 is 1.50 bits per heavy atom. The Bertz CT molecular complexity index is 268. The minimum Gasteiger partial charge on any atom is -0.381 e. The highest BCUT2D eigenvalue weighted by Gasteiger charge is 2.34. The highest BCUT2D eigenvalue weighted by molar-refractivity contribution is 7.90. The molecule has 0 amide bonds. The molecule has 4 nitrogen and oxygen atoms in total. The van der Waals surface area contributed by atoms with Gasteiger partial charge in [0, 0.05) is 24.8 Å². The second kappa shape index (κ2) is 4.59. The van der Waals surface area contributed by atoms with Crippen molar-refractivity contribution in [2.24, 2.45) is 5.41 Å². The molecule has 1 aliphatic heterocycles. The number of rotatable bonds is 5. The van der Waals surface area contributed by atoms with Gasteiger partial charge < -0.3 is 10.1 Å². The molecular formula is C9H19NO3S. The molecule has 0 saturated carbocycles. The van der Waals surface area contributed by atoms with E-state index in [4.69, 9.17) is 4.74 Å². The first-order chi connectivity index (χ1) is 6.47. The molecule has 0 aromatic carbocycles. The Morgan fingerprint density at radius 3 is 2.64 bits per heavy atom. The van der Waals surface area contributed by atoms with Crippen molar-refractivity contribution in [2.75, 3.05) is 38.8 Å². The van der Waals surface area contributed by atoms with Crippen LogP contribution in [0.3, 0.4) is 0 Å². The van der Waals surface area contributed by atoms with E-state index in [0.717, 1.165) is 19.6 Å². The monoisotopic (exact) mass is 221 g/mol. The Hall–Kier alpha value is -0.130. The van der Waals surface area contributed by atoms with Crippen molar-refractivity contribution in [1.82, 2.24) is 5.32 Å². The van der Waals surface area contributed by atoms with E-state index in [0.29, 0.717) is 13.0 Å². The molecule has 0 radical (unpaired) electrons. The van der Waals surface area contributed by atoms with Crippen LogP contribution >= 0.6 is 0 Å². The first kappa shape index (κ1) is 11.9. The van der Waals surface area contributed by atoms with Gasteiger partial charge in [0.2, 0.25) is 0 Å². The maximum absolute atomic E-state index is 11.1. The van der Waals surface area contributed by atoms with Crippen molar-refractivity contribution >= 4 is 9.84 Å². The van der Waals surface area contributed by atoms with Gasteiger partial charge in [0.25, 0.3) is 0 Å². The van der Waals surface area contributed by atoms with Crippen LogP contribution in [0.4, 0.5) is 0 Å². The fourth-order valence-electron chi connectivity index (χ4n) is 1.85. The van der Waals surface area contributed by atoms with Crippen LogP contribution in [0.15, 0.2) is 0 Å². The zero-order valence-electron chi connectivity index (χ0n) is 8.88. The van der Waals surface area contributed by atoms with Crippen molar-refractivity contribution in [3.8, 4) is 0 Å². The summed E-state index contributed by atoms with van der Waals surface area (Å²) in [5.41, 5.74) is 0.0395. The predicted molar refractivity (Wildman–Crippen MR) is 56.1 cm³/mol. The van der Waals surface area contributed by atoms with Crippen LogP contribution in [0, 0.1) is 5.41 Å². The van der Waals surface area contributed by atoms with E-state index in [1.165, 1.54) is 6.26 Å². The smallest absolute Gasteiger partial charge is 0.147 e. The second-order valence-corrected chi connectivity index (χ2v) is 6.47. The third-order valence-electron chi connectivity index (χ3n) is 2.74. The summed E-state index contributed by atoms with van der Waals surface area (Å²) in [5, 5.41) is 3.11. The molecule has 84 valence electrons. The maximum Gasteiger partial charge on any atom is 0.147 e. The molecule has 0 spiro atoms. The Morgan fingerprint density at radius 2 is 2.21 bits per heavy atom. The van der Waals surface area contributed by atoms with E-state index in [9.17, 15) is 8.42 Å². The molecule has 1 N–H and O–H groups in total. The van der Waals surface area contributed by atoms with E-state index >= 15 is 0 Å². The zero-order valence-corrected chi connectivity index (χ0v) is 9.69. The fraction of sp³-hybridized carbons (Fsp3) is 1.00. The Balaban J connectivity index is 2.52. The van der Waals surface area contributed by atoms with Crippen LogP contribution in [0.2, 0.25) is 0 Å². The molecule has 1 atom stereocenters. The lowest BCUT2D eigenvalue weighted by Crippen LogP contribution is -2.34. The molecule has 0 aromatic heterocycles. The zero-order chi connectivity index (χ0) is 10.7. The van der Waals surface area contributed by atoms with Crippen LogP contribution in [-0.4, -0.2) is 47.2 Å². The molecule has 1 unspecified atom stereocenters. The number of sulfone groups is 1. The summed E-state index contributed by atoms with van der Waals surface area (Å²) >= 11 is 0. The molecule has 0 aromatic rings. The van der Waals surface area contributed by atoms with Gasteiger partial charge in [0.15, 0.2) is 0 Å². The molecule has 1 heterocycles. The van der Waals surface area contributed by atoms with Gasteiger partial charge in [0.1, 0.15) is 9.84 Å². The van der Waals surface area contributed by atoms with Crippen LogP contribution < -0.4 is 5.32 Å². The largest absolute Gasteiger partial charge is 0.381 e. The third kappa shape index (κ3) is 3.55. The molecule has 1 saturated heterocycles. The molecule has 0 bridgehead atoms. The maximum atomic E-state index is 11.1. The molecule has 1 aliphatic rings. The average molecular weight is 221 g/mol. The molecule has 1 rings (SSSR count). The van der Waals surface area contributed by atoms with Crippen molar-refractivity contribution < 1.29 is 13.2 Å². The Kier molecular flexibility index (Phi) is 3.92. The molecule has 14 heavy (non-hydrogen) atoms. The summed E-state index contributed by atoms with van der Waals surface area (Å²) < 4.78 is 27.5. The van der Waals surface area contributed by atoms with Gasteiger partial charge in [-0.25, -0.2) is 8.42 Å². The summed E-state index contributed by atoms with van der Waals surface area (Å²) in [6.07, 6.45) is 2.95. The SMILES string of the molecule is CNCC1(CCS(C)(=O)=O)CCOC1. The fourth-order valence-corrected chi connectivity index (χ4v) is 2.66. The summed E-state index contributed by atoms with van der Waals surface area (Å²) in [7, 11) is -0.962. The van der Waals surface area contributed by atoms with E-state index < -0.39 is 9.84 Å². The highest BCUT2D eigenvalue weighted by atomic mass is 32.2. The van der Waals surface area contributed by atoms with Crippen LogP contribution in [0.25, 0.3) is 0 Å². The van der Waals surface area contributed by atoms with Gasteiger partial charge >= 0.3 is 0 Å². The number of nitrogens with one attached hydrogen (secondary N) is 1. The van der Waals surface area contributed by atoms with Crippen LogP contribution in [0.5, 0.6) is 0 Å². The minimum absolute atomic E-state index is 0.0395. The molecule has 0 aliphatic carbocycles. The predicted octanol–water partition coefficient (Wildman–Crippen LogP) is 0.0472. The van der Waals surface area contributed by atoms with Crippen molar-refractivity contribution in [1.29, 1.82) is 0 Å². The topological polar surface area (TPSA) is 55.4 Å². The molecule has 5 heteroatoms. The lowest BCUT2D eigenvalue weighted by atomic mass is 9.84. The Labute approximate surface area is 85.9 Å². The second-order valence-electron chi connectivity index (χ2n) is 4.21. The van der Waals surface area contributed by atoms with Gasteiger partial charge in [-0.05, 0) is 19.9 Å². The van der Waals surface area contributed by atoms with E-state index in [1.54, 1.807) is 0 Å². The summed E-state index contributed by atoms with van der Waals surface area (Å²) in [6, 6.07) is 0. The quantitative estimate of drug-likeness (QED) is 0.712. The lowest BCUT2D eigenvalue weighted by Gasteiger charge is -2.26. The molecular weight excluding hydrogens is 202 g/mol. The van der Waals surface area contributed by atoms with Crippen molar-refractivity contribution in [3.63, 3.8) is 0 Å². The first-order valence-corrected chi connectivity index (χ1v) is 6.94. The van der Waals surface area contributed by atoms with Gasteiger partial charge in [-0.3, -0.25) is 0 Å². The standard InChI is InChI=1S/C9H19NO3S/c1-10-7-9(3-5-13-8-9)4-6-14(2,11)12/h10H,3-8H2,1-2H3. The van der Waals surface area contributed by atoms with E-state index in [2.05, 4.69) is 5.32 Å². The van der Waals surface area contributed by atoms with E-state index in [-0.39, 0.29) is 11.2 Å².